The molecule has 0 saturated carbocycles. The summed E-state index contributed by atoms with van der Waals surface area (Å²) >= 11 is 12.9. The Bertz CT molecular complexity index is 973. The fourth-order valence-electron chi connectivity index (χ4n) is 2.81. The van der Waals surface area contributed by atoms with E-state index in [0.29, 0.717) is 34.3 Å². The number of hydrogen-bond acceptors (Lipinski definition) is 6. The van der Waals surface area contributed by atoms with E-state index in [0.717, 1.165) is 11.3 Å². The van der Waals surface area contributed by atoms with Crippen molar-refractivity contribution in [3.8, 4) is 5.75 Å². The van der Waals surface area contributed by atoms with Crippen LogP contribution in [0.1, 0.15) is 46.4 Å². The number of nitrogens with zero attached hydrogens (tertiary/aromatic N) is 1. The Morgan fingerprint density at radius 3 is 2.39 bits per heavy atom. The van der Waals surface area contributed by atoms with Crippen LogP contribution in [0.15, 0.2) is 18.2 Å². The van der Waals surface area contributed by atoms with Gasteiger partial charge in [0, 0.05) is 18.1 Å². The van der Waals surface area contributed by atoms with Crippen LogP contribution in [0.3, 0.4) is 0 Å². The highest BCUT2D eigenvalue weighted by atomic mass is 35.5. The van der Waals surface area contributed by atoms with E-state index in [4.69, 9.17) is 32.7 Å². The van der Waals surface area contributed by atoms with Gasteiger partial charge in [0.15, 0.2) is 6.61 Å². The lowest BCUT2D eigenvalue weighted by molar-refractivity contribution is -0.118. The number of nitrogens with one attached hydrogen (secondary N) is 1. The minimum absolute atomic E-state index is 0.166. The van der Waals surface area contributed by atoms with Crippen LogP contribution in [0.2, 0.25) is 10.0 Å². The molecule has 0 aliphatic heterocycles. The van der Waals surface area contributed by atoms with Crippen molar-refractivity contribution in [2.24, 2.45) is 0 Å². The number of esters is 1. The highest BCUT2D eigenvalue weighted by Crippen LogP contribution is 2.35. The average molecular weight is 487 g/mol. The lowest BCUT2D eigenvalue weighted by Gasteiger charge is -2.18. The molecule has 0 fully saturated rings. The van der Waals surface area contributed by atoms with Gasteiger partial charge in [-0.1, -0.05) is 23.2 Å². The number of thiophene rings is 1. The van der Waals surface area contributed by atoms with E-state index < -0.39 is 11.9 Å². The number of carbonyl (C=O) groups is 3. The van der Waals surface area contributed by atoms with Crippen molar-refractivity contribution in [3.05, 3.63) is 44.2 Å². The molecule has 1 heterocycles. The quantitative estimate of drug-likeness (QED) is 0.501. The van der Waals surface area contributed by atoms with Gasteiger partial charge in [-0.2, -0.15) is 0 Å². The summed E-state index contributed by atoms with van der Waals surface area (Å²) < 4.78 is 10.6. The normalized spacial score (nSPS) is 10.5. The highest BCUT2D eigenvalue weighted by Gasteiger charge is 2.28. The molecule has 0 spiro atoms. The number of amides is 2. The summed E-state index contributed by atoms with van der Waals surface area (Å²) in [5.74, 6) is -1.03. The third-order valence-corrected chi connectivity index (χ3v) is 6.10. The molecule has 0 radical (unpaired) electrons. The van der Waals surface area contributed by atoms with Gasteiger partial charge in [0.1, 0.15) is 10.8 Å². The van der Waals surface area contributed by atoms with Crippen LogP contribution < -0.4 is 10.1 Å². The number of carbonyl (C=O) groups excluding carboxylic acids is 3. The van der Waals surface area contributed by atoms with Crippen molar-refractivity contribution in [3.63, 3.8) is 0 Å². The lowest BCUT2D eigenvalue weighted by Crippen LogP contribution is -2.30. The van der Waals surface area contributed by atoms with Crippen molar-refractivity contribution in [2.75, 3.05) is 31.6 Å². The number of rotatable bonds is 9. The van der Waals surface area contributed by atoms with Gasteiger partial charge in [0.25, 0.3) is 11.8 Å². The standard InChI is InChI=1S/C21H24Cl2N2O5S/c1-5-25(6-2)20(27)18-12(4)17(21(28)29-7-3)19(31-18)24-16(26)11-30-15-9-8-13(22)10-14(15)23/h8-10H,5-7,11H2,1-4H3,(H,24,26). The molecule has 2 amide bonds. The van der Waals surface area contributed by atoms with E-state index in [-0.39, 0.29) is 34.7 Å². The first-order valence-electron chi connectivity index (χ1n) is 9.70. The number of benzene rings is 1. The van der Waals surface area contributed by atoms with Gasteiger partial charge in [-0.3, -0.25) is 9.59 Å². The molecule has 0 aliphatic rings. The fourth-order valence-corrected chi connectivity index (χ4v) is 4.45. The van der Waals surface area contributed by atoms with Crippen LogP contribution in [-0.4, -0.2) is 49.0 Å². The Morgan fingerprint density at radius 1 is 1.13 bits per heavy atom. The van der Waals surface area contributed by atoms with Gasteiger partial charge in [-0.05, 0) is 51.5 Å². The molecule has 2 rings (SSSR count). The molecule has 1 aromatic heterocycles. The van der Waals surface area contributed by atoms with E-state index >= 15 is 0 Å². The molecule has 0 bridgehead atoms. The zero-order valence-corrected chi connectivity index (χ0v) is 20.0. The summed E-state index contributed by atoms with van der Waals surface area (Å²) in [5.41, 5.74) is 0.637. The van der Waals surface area contributed by atoms with Crippen LogP contribution in [0.25, 0.3) is 0 Å². The number of halogens is 2. The Kier molecular flexibility index (Phi) is 9.15. The first-order chi connectivity index (χ1) is 14.7. The van der Waals surface area contributed by atoms with Crippen molar-refractivity contribution in [1.29, 1.82) is 0 Å². The molecule has 0 atom stereocenters. The van der Waals surface area contributed by atoms with Crippen molar-refractivity contribution in [2.45, 2.75) is 27.7 Å². The topological polar surface area (TPSA) is 84.9 Å². The Labute approximate surface area is 195 Å². The Hall–Kier alpha value is -2.29. The predicted molar refractivity (Wildman–Crippen MR) is 123 cm³/mol. The van der Waals surface area contributed by atoms with Crippen LogP contribution in [0.4, 0.5) is 5.00 Å². The monoisotopic (exact) mass is 486 g/mol. The molecule has 1 aromatic carbocycles. The zero-order valence-electron chi connectivity index (χ0n) is 17.7. The van der Waals surface area contributed by atoms with Crippen LogP contribution in [0.5, 0.6) is 5.75 Å². The summed E-state index contributed by atoms with van der Waals surface area (Å²) in [6.45, 7) is 7.97. The lowest BCUT2D eigenvalue weighted by atomic mass is 10.1. The molecule has 31 heavy (non-hydrogen) atoms. The summed E-state index contributed by atoms with van der Waals surface area (Å²) in [6.07, 6.45) is 0. The Balaban J connectivity index is 2.26. The fraction of sp³-hybridized carbons (Fsp3) is 0.381. The molecule has 0 unspecified atom stereocenters. The summed E-state index contributed by atoms with van der Waals surface area (Å²) in [4.78, 5) is 39.9. The SMILES string of the molecule is CCOC(=O)c1c(NC(=O)COc2ccc(Cl)cc2Cl)sc(C(=O)N(CC)CC)c1C. The van der Waals surface area contributed by atoms with E-state index in [1.807, 2.05) is 13.8 Å². The maximum absolute atomic E-state index is 12.9. The highest BCUT2D eigenvalue weighted by molar-refractivity contribution is 7.18. The molecule has 10 heteroatoms. The van der Waals surface area contributed by atoms with Gasteiger partial charge >= 0.3 is 5.97 Å². The van der Waals surface area contributed by atoms with Gasteiger partial charge in [-0.25, -0.2) is 4.79 Å². The molecule has 2 aromatic rings. The third kappa shape index (κ3) is 6.12. The van der Waals surface area contributed by atoms with Crippen molar-refractivity contribution in [1.82, 2.24) is 4.90 Å². The second kappa shape index (κ2) is 11.4. The molecule has 0 saturated heterocycles. The molecule has 0 aliphatic carbocycles. The molecule has 7 nitrogen and oxygen atoms in total. The van der Waals surface area contributed by atoms with Gasteiger partial charge in [0.05, 0.1) is 22.1 Å². The van der Waals surface area contributed by atoms with Crippen LogP contribution >= 0.6 is 34.5 Å². The third-order valence-electron chi connectivity index (χ3n) is 4.38. The van der Waals surface area contributed by atoms with Crippen LogP contribution in [-0.2, 0) is 9.53 Å². The Morgan fingerprint density at radius 2 is 1.81 bits per heavy atom. The summed E-state index contributed by atoms with van der Waals surface area (Å²) in [5, 5.41) is 3.61. The number of hydrogen-bond donors (Lipinski definition) is 1. The smallest absolute Gasteiger partial charge is 0.341 e. The number of ether oxygens (including phenoxy) is 2. The second-order valence-corrected chi connectivity index (χ2v) is 8.23. The average Bonchev–Trinajstić information content (AvgIpc) is 3.04. The van der Waals surface area contributed by atoms with Crippen molar-refractivity contribution < 1.29 is 23.9 Å². The van der Waals surface area contributed by atoms with Crippen LogP contribution in [0, 0.1) is 6.92 Å². The molecular formula is C21H24Cl2N2O5S. The van der Waals surface area contributed by atoms with E-state index in [2.05, 4.69) is 5.32 Å². The van der Waals surface area contributed by atoms with E-state index in [9.17, 15) is 14.4 Å². The molecule has 168 valence electrons. The first kappa shape index (κ1) is 25.0. The predicted octanol–water partition coefficient (Wildman–Crippen LogP) is 5.04. The first-order valence-corrected chi connectivity index (χ1v) is 11.3. The minimum atomic E-state index is -0.605. The van der Waals surface area contributed by atoms with Crippen molar-refractivity contribution >= 4 is 57.3 Å². The number of anilines is 1. The molecular weight excluding hydrogens is 463 g/mol. The maximum atomic E-state index is 12.9. The van der Waals surface area contributed by atoms with Gasteiger partial charge in [-0.15, -0.1) is 11.3 Å². The van der Waals surface area contributed by atoms with E-state index in [1.54, 1.807) is 30.9 Å². The maximum Gasteiger partial charge on any atom is 0.341 e. The molecule has 1 N–H and O–H groups in total. The summed E-state index contributed by atoms with van der Waals surface area (Å²) in [7, 11) is 0. The van der Waals surface area contributed by atoms with Gasteiger partial charge in [0.2, 0.25) is 0 Å². The largest absolute Gasteiger partial charge is 0.482 e. The second-order valence-electron chi connectivity index (χ2n) is 6.37. The summed E-state index contributed by atoms with van der Waals surface area (Å²) in [6, 6.07) is 4.65. The zero-order chi connectivity index (χ0) is 23.1. The van der Waals surface area contributed by atoms with Gasteiger partial charge < -0.3 is 19.7 Å². The van der Waals surface area contributed by atoms with E-state index in [1.165, 1.54) is 6.07 Å². The minimum Gasteiger partial charge on any atom is -0.482 e.